The van der Waals surface area contributed by atoms with E-state index >= 15 is 0 Å². The van der Waals surface area contributed by atoms with Gasteiger partial charge in [0.1, 0.15) is 5.75 Å². The summed E-state index contributed by atoms with van der Waals surface area (Å²) in [6.45, 7) is 1.33. The second-order valence-electron chi connectivity index (χ2n) is 4.60. The van der Waals surface area contributed by atoms with Gasteiger partial charge in [-0.25, -0.2) is 0 Å². The third kappa shape index (κ3) is 3.33. The molecule has 0 fully saturated rings. The Morgan fingerprint density at radius 1 is 1.35 bits per heavy atom. The van der Waals surface area contributed by atoms with Crippen molar-refractivity contribution in [3.63, 3.8) is 0 Å². The van der Waals surface area contributed by atoms with Gasteiger partial charge in [0.25, 0.3) is 0 Å². The molecule has 3 nitrogen and oxygen atoms in total. The van der Waals surface area contributed by atoms with Gasteiger partial charge in [-0.2, -0.15) is 0 Å². The van der Waals surface area contributed by atoms with Crippen LogP contribution in [0.4, 0.5) is 0 Å². The molecule has 1 unspecified atom stereocenters. The molecular weight excluding hydrogens is 292 g/mol. The Balaban J connectivity index is 2.27. The van der Waals surface area contributed by atoms with Crippen LogP contribution in [-0.2, 0) is 6.54 Å². The van der Waals surface area contributed by atoms with Gasteiger partial charge in [0, 0.05) is 28.6 Å². The number of likely N-dealkylation sites (N-methyl/N-ethyl adjacent to an activating group) is 1. The number of methoxy groups -OCH3 is 1. The van der Waals surface area contributed by atoms with Gasteiger partial charge in [-0.05, 0) is 30.6 Å². The van der Waals surface area contributed by atoms with E-state index in [-0.39, 0.29) is 6.04 Å². The van der Waals surface area contributed by atoms with Gasteiger partial charge in [-0.1, -0.05) is 23.7 Å². The summed E-state index contributed by atoms with van der Waals surface area (Å²) in [5.41, 5.74) is 6.93. The number of hydrogen-bond acceptors (Lipinski definition) is 4. The lowest BCUT2D eigenvalue weighted by Crippen LogP contribution is -2.30. The van der Waals surface area contributed by atoms with Crippen molar-refractivity contribution in [2.24, 2.45) is 5.73 Å². The van der Waals surface area contributed by atoms with Crippen LogP contribution in [0.5, 0.6) is 5.75 Å². The first-order valence-corrected chi connectivity index (χ1v) is 7.68. The molecule has 2 N–H and O–H groups in total. The van der Waals surface area contributed by atoms with Crippen molar-refractivity contribution in [1.29, 1.82) is 0 Å². The van der Waals surface area contributed by atoms with Crippen LogP contribution in [-0.4, -0.2) is 25.6 Å². The summed E-state index contributed by atoms with van der Waals surface area (Å²) in [5, 5.41) is 2.77. The van der Waals surface area contributed by atoms with E-state index in [0.717, 1.165) is 17.9 Å². The van der Waals surface area contributed by atoms with Crippen LogP contribution in [0.3, 0.4) is 0 Å². The summed E-state index contributed by atoms with van der Waals surface area (Å²) < 4.78 is 5.43. The third-order valence-corrected chi connectivity index (χ3v) is 4.50. The molecule has 2 rings (SSSR count). The molecule has 0 radical (unpaired) electrons. The number of rotatable bonds is 6. The van der Waals surface area contributed by atoms with Crippen molar-refractivity contribution < 1.29 is 4.74 Å². The molecule has 0 aliphatic carbocycles. The van der Waals surface area contributed by atoms with E-state index < -0.39 is 0 Å². The Morgan fingerprint density at radius 3 is 2.75 bits per heavy atom. The van der Waals surface area contributed by atoms with Crippen molar-refractivity contribution in [1.82, 2.24) is 4.90 Å². The molecule has 0 aliphatic rings. The molecule has 0 spiro atoms. The molecule has 2 aromatic rings. The molecular formula is C15H19ClN2OS. The van der Waals surface area contributed by atoms with Gasteiger partial charge in [-0.15, -0.1) is 11.3 Å². The largest absolute Gasteiger partial charge is 0.496 e. The number of benzene rings is 1. The molecule has 0 saturated carbocycles. The monoisotopic (exact) mass is 310 g/mol. The molecule has 1 heterocycles. The zero-order valence-corrected chi connectivity index (χ0v) is 13.2. The maximum atomic E-state index is 6.35. The van der Waals surface area contributed by atoms with Gasteiger partial charge in [0.05, 0.1) is 13.2 Å². The number of nitrogens with zero attached hydrogens (tertiary/aromatic N) is 1. The lowest BCUT2D eigenvalue weighted by molar-refractivity contribution is 0.238. The van der Waals surface area contributed by atoms with Gasteiger partial charge in [0.15, 0.2) is 0 Å². The summed E-state index contributed by atoms with van der Waals surface area (Å²) in [5.74, 6) is 0.783. The molecule has 1 aromatic heterocycles. The number of thiophene rings is 1. The van der Waals surface area contributed by atoms with Crippen LogP contribution < -0.4 is 10.5 Å². The zero-order chi connectivity index (χ0) is 14.5. The number of ether oxygens (including phenoxy) is 1. The topological polar surface area (TPSA) is 38.5 Å². The van der Waals surface area contributed by atoms with Crippen molar-refractivity contribution in [2.75, 3.05) is 20.7 Å². The highest BCUT2D eigenvalue weighted by Crippen LogP contribution is 2.35. The molecule has 20 heavy (non-hydrogen) atoms. The standard InChI is InChI=1S/C15H19ClN2OS/c1-18(10-11-5-4-8-20-11)13(9-17)15-12(16)6-3-7-14(15)19-2/h3-8,13H,9-10,17H2,1-2H3. The Labute approximate surface area is 128 Å². The molecule has 1 atom stereocenters. The highest BCUT2D eigenvalue weighted by molar-refractivity contribution is 7.09. The van der Waals surface area contributed by atoms with Crippen LogP contribution in [0.2, 0.25) is 5.02 Å². The second kappa shape index (κ2) is 7.09. The van der Waals surface area contributed by atoms with Crippen LogP contribution in [0.25, 0.3) is 0 Å². The van der Waals surface area contributed by atoms with Crippen LogP contribution in [0.15, 0.2) is 35.7 Å². The highest BCUT2D eigenvalue weighted by atomic mass is 35.5. The van der Waals surface area contributed by atoms with Crippen molar-refractivity contribution in [3.05, 3.63) is 51.2 Å². The van der Waals surface area contributed by atoms with Crippen LogP contribution in [0, 0.1) is 0 Å². The fraction of sp³-hybridized carbons (Fsp3) is 0.333. The molecule has 0 saturated heterocycles. The predicted molar refractivity (Wildman–Crippen MR) is 85.6 cm³/mol. The summed E-state index contributed by atoms with van der Waals surface area (Å²) in [4.78, 5) is 3.51. The number of nitrogens with two attached hydrogens (primary N) is 1. The molecule has 0 amide bonds. The minimum Gasteiger partial charge on any atom is -0.496 e. The fourth-order valence-corrected chi connectivity index (χ4v) is 3.35. The first-order chi connectivity index (χ1) is 9.67. The minimum atomic E-state index is 0.0285. The number of halogens is 1. The maximum absolute atomic E-state index is 6.35. The highest BCUT2D eigenvalue weighted by Gasteiger charge is 2.22. The molecule has 0 aliphatic heterocycles. The lowest BCUT2D eigenvalue weighted by Gasteiger charge is -2.28. The van der Waals surface area contributed by atoms with Gasteiger partial charge < -0.3 is 10.5 Å². The maximum Gasteiger partial charge on any atom is 0.125 e. The first-order valence-electron chi connectivity index (χ1n) is 6.42. The Morgan fingerprint density at radius 2 is 2.15 bits per heavy atom. The van der Waals surface area contributed by atoms with E-state index in [1.165, 1.54) is 4.88 Å². The SMILES string of the molecule is COc1cccc(Cl)c1C(CN)N(C)Cc1cccs1. The van der Waals surface area contributed by atoms with Crippen molar-refractivity contribution in [3.8, 4) is 5.75 Å². The van der Waals surface area contributed by atoms with Crippen molar-refractivity contribution in [2.45, 2.75) is 12.6 Å². The van der Waals surface area contributed by atoms with Gasteiger partial charge >= 0.3 is 0 Å². The summed E-state index contributed by atoms with van der Waals surface area (Å²) >= 11 is 8.09. The van der Waals surface area contributed by atoms with E-state index in [4.69, 9.17) is 22.1 Å². The summed E-state index contributed by atoms with van der Waals surface area (Å²) in [6.07, 6.45) is 0. The normalized spacial score (nSPS) is 12.7. The summed E-state index contributed by atoms with van der Waals surface area (Å²) in [6, 6.07) is 9.89. The van der Waals surface area contributed by atoms with Gasteiger partial charge in [-0.3, -0.25) is 4.90 Å². The van der Waals surface area contributed by atoms with E-state index in [1.807, 2.05) is 18.2 Å². The predicted octanol–water partition coefficient (Wildman–Crippen LogP) is 3.54. The molecule has 0 bridgehead atoms. The smallest absolute Gasteiger partial charge is 0.125 e. The van der Waals surface area contributed by atoms with Crippen LogP contribution >= 0.6 is 22.9 Å². The van der Waals surface area contributed by atoms with E-state index in [9.17, 15) is 0 Å². The lowest BCUT2D eigenvalue weighted by atomic mass is 10.0. The Kier molecular flexibility index (Phi) is 5.43. The summed E-state index contributed by atoms with van der Waals surface area (Å²) in [7, 11) is 3.71. The molecule has 108 valence electrons. The molecule has 5 heteroatoms. The Bertz CT molecular complexity index is 545. The average Bonchev–Trinajstić information content (AvgIpc) is 2.94. The van der Waals surface area contributed by atoms with E-state index in [2.05, 4.69) is 29.5 Å². The minimum absolute atomic E-state index is 0.0285. The van der Waals surface area contributed by atoms with Gasteiger partial charge in [0.2, 0.25) is 0 Å². The Hall–Kier alpha value is -1.07. The van der Waals surface area contributed by atoms with E-state index in [0.29, 0.717) is 11.6 Å². The van der Waals surface area contributed by atoms with Crippen LogP contribution in [0.1, 0.15) is 16.5 Å². The average molecular weight is 311 g/mol. The third-order valence-electron chi connectivity index (χ3n) is 3.31. The zero-order valence-electron chi connectivity index (χ0n) is 11.7. The number of hydrogen-bond donors (Lipinski definition) is 1. The fourth-order valence-electron chi connectivity index (χ4n) is 2.30. The first kappa shape index (κ1) is 15.3. The quantitative estimate of drug-likeness (QED) is 0.887. The van der Waals surface area contributed by atoms with E-state index in [1.54, 1.807) is 18.4 Å². The van der Waals surface area contributed by atoms with Crippen molar-refractivity contribution >= 4 is 22.9 Å². The second-order valence-corrected chi connectivity index (χ2v) is 6.04. The molecule has 1 aromatic carbocycles.